The van der Waals surface area contributed by atoms with Gasteiger partial charge in [0.1, 0.15) is 17.1 Å². The molecule has 2 aromatic heterocycles. The fourth-order valence-corrected chi connectivity index (χ4v) is 8.64. The van der Waals surface area contributed by atoms with Crippen LogP contribution in [0.15, 0.2) is 133 Å². The second kappa shape index (κ2) is 13.2. The zero-order valence-corrected chi connectivity index (χ0v) is 31.0. The van der Waals surface area contributed by atoms with Crippen molar-refractivity contribution >= 4 is 38.7 Å². The van der Waals surface area contributed by atoms with Gasteiger partial charge >= 0.3 is 0 Å². The first-order valence-corrected chi connectivity index (χ1v) is 18.7. The van der Waals surface area contributed by atoms with Gasteiger partial charge in [-0.15, -0.1) is 11.8 Å². The van der Waals surface area contributed by atoms with E-state index in [0.717, 1.165) is 61.2 Å². The van der Waals surface area contributed by atoms with Crippen LogP contribution in [0.5, 0.6) is 11.5 Å². The highest BCUT2D eigenvalue weighted by Gasteiger charge is 2.30. The lowest BCUT2D eigenvalue weighted by Gasteiger charge is -2.22. The van der Waals surface area contributed by atoms with Gasteiger partial charge in [-0.05, 0) is 102 Å². The molecule has 0 saturated heterocycles. The third-order valence-corrected chi connectivity index (χ3v) is 11.1. The van der Waals surface area contributed by atoms with Gasteiger partial charge in [0.05, 0.1) is 22.3 Å². The van der Waals surface area contributed by atoms with Crippen LogP contribution in [0.25, 0.3) is 27.6 Å². The first-order chi connectivity index (χ1) is 24.6. The summed E-state index contributed by atoms with van der Waals surface area (Å²) in [5.41, 5.74) is 11.6. The number of rotatable bonds is 7. The number of hydrogen-bond donors (Lipinski definition) is 0. The minimum absolute atomic E-state index is 0.0505. The van der Waals surface area contributed by atoms with Crippen LogP contribution in [0.3, 0.4) is 0 Å². The maximum Gasteiger partial charge on any atom is 0.145 e. The molecule has 0 unspecified atom stereocenters. The molecule has 1 atom stereocenters. The molecule has 51 heavy (non-hydrogen) atoms. The van der Waals surface area contributed by atoms with Gasteiger partial charge in [-0.2, -0.15) is 0 Å². The zero-order chi connectivity index (χ0) is 35.3. The van der Waals surface area contributed by atoms with Crippen molar-refractivity contribution < 1.29 is 4.74 Å². The van der Waals surface area contributed by atoms with Gasteiger partial charge in [-0.3, -0.25) is 9.56 Å². The van der Waals surface area contributed by atoms with Gasteiger partial charge in [-0.1, -0.05) is 93.6 Å². The number of aliphatic imine (C=N–C) groups is 1. The lowest BCUT2D eigenvalue weighted by Crippen LogP contribution is -2.18. The smallest absolute Gasteiger partial charge is 0.145 e. The molecule has 5 heteroatoms. The summed E-state index contributed by atoms with van der Waals surface area (Å²) in [6, 6.07) is 43.6. The molecule has 5 aromatic carbocycles. The molecule has 0 radical (unpaired) electrons. The molecule has 0 spiro atoms. The topological polar surface area (TPSA) is 39.4 Å². The quantitative estimate of drug-likeness (QED) is 0.168. The molecule has 0 amide bonds. The summed E-state index contributed by atoms with van der Waals surface area (Å²) in [6.07, 6.45) is 1.88. The van der Waals surface area contributed by atoms with E-state index in [1.165, 1.54) is 27.6 Å². The molecule has 0 fully saturated rings. The van der Waals surface area contributed by atoms with E-state index in [1.54, 1.807) is 0 Å². The third-order valence-electron chi connectivity index (χ3n) is 10.0. The summed E-state index contributed by atoms with van der Waals surface area (Å²) in [6.45, 7) is 13.2. The number of nitrogens with zero attached hydrogens (tertiary/aromatic N) is 3. The molecular formula is C46H43N3OS. The summed E-state index contributed by atoms with van der Waals surface area (Å²) in [7, 11) is 0. The lowest BCUT2D eigenvalue weighted by atomic mass is 9.86. The number of pyridine rings is 1. The van der Waals surface area contributed by atoms with Crippen molar-refractivity contribution in [2.75, 3.05) is 5.75 Å². The lowest BCUT2D eigenvalue weighted by molar-refractivity contribution is 0.478. The fourth-order valence-electron chi connectivity index (χ4n) is 7.46. The highest BCUT2D eigenvalue weighted by Crippen LogP contribution is 2.40. The maximum absolute atomic E-state index is 6.79. The number of fused-ring (bicyclic) bond motifs is 3. The SMILES string of the molecule is Cc1cc(Oc2cc(C3=N[C@H](C(c4ccccc4)c4ccccc4)CS3)c(C)cc2C)cc(-n2c3ccc(C(C)(C)C)cc3c3cccnc32)c1. The molecule has 7 aromatic rings. The van der Waals surface area contributed by atoms with E-state index in [4.69, 9.17) is 14.7 Å². The van der Waals surface area contributed by atoms with E-state index < -0.39 is 0 Å². The van der Waals surface area contributed by atoms with E-state index in [1.807, 2.05) is 24.0 Å². The van der Waals surface area contributed by atoms with E-state index in [0.29, 0.717) is 0 Å². The Balaban J connectivity index is 1.16. The summed E-state index contributed by atoms with van der Waals surface area (Å²) >= 11 is 1.85. The normalized spacial score (nSPS) is 14.8. The molecule has 0 bridgehead atoms. The Labute approximate surface area is 305 Å². The summed E-state index contributed by atoms with van der Waals surface area (Å²) in [5, 5.41) is 3.44. The van der Waals surface area contributed by atoms with Crippen molar-refractivity contribution in [1.29, 1.82) is 0 Å². The van der Waals surface area contributed by atoms with E-state index in [9.17, 15) is 0 Å². The van der Waals surface area contributed by atoms with Crippen LogP contribution in [0, 0.1) is 20.8 Å². The second-order valence-electron chi connectivity index (χ2n) is 14.8. The Kier molecular flexibility index (Phi) is 8.55. The van der Waals surface area contributed by atoms with Crippen molar-refractivity contribution in [1.82, 2.24) is 9.55 Å². The van der Waals surface area contributed by atoms with E-state index >= 15 is 0 Å². The van der Waals surface area contributed by atoms with Crippen LogP contribution in [0.1, 0.15) is 65.6 Å². The molecule has 0 saturated carbocycles. The molecule has 1 aliphatic heterocycles. The molecule has 4 nitrogen and oxygen atoms in total. The minimum atomic E-state index is 0.0505. The number of ether oxygens (including phenoxy) is 1. The summed E-state index contributed by atoms with van der Waals surface area (Å²) in [4.78, 5) is 10.3. The van der Waals surface area contributed by atoms with E-state index in [2.05, 4.69) is 161 Å². The van der Waals surface area contributed by atoms with Crippen LogP contribution >= 0.6 is 11.8 Å². The summed E-state index contributed by atoms with van der Waals surface area (Å²) in [5.74, 6) is 2.77. The predicted octanol–water partition coefficient (Wildman–Crippen LogP) is 11.9. The van der Waals surface area contributed by atoms with Gasteiger partial charge in [0.2, 0.25) is 0 Å². The van der Waals surface area contributed by atoms with Crippen molar-refractivity contribution in [2.45, 2.75) is 58.9 Å². The number of thioether (sulfide) groups is 1. The average Bonchev–Trinajstić information content (AvgIpc) is 3.73. The predicted molar refractivity (Wildman–Crippen MR) is 216 cm³/mol. The van der Waals surface area contributed by atoms with Crippen molar-refractivity contribution in [3.05, 3.63) is 166 Å². The van der Waals surface area contributed by atoms with Crippen molar-refractivity contribution in [3.63, 3.8) is 0 Å². The Hall–Kier alpha value is -5.13. The standard InChI is InChI=1S/C46H43N3OS/c1-29-22-35(49-41-20-19-34(46(4,5)6)25-39(41)37-18-13-21-47-44(37)49)26-36(23-29)50-42-27-38(30(2)24-31(42)3)45-48-40(28-51-45)43(32-14-9-7-10-15-32)33-16-11-8-12-17-33/h7-27,40,43H,28H2,1-6H3/t40-/m0/s1. The highest BCUT2D eigenvalue weighted by atomic mass is 32.2. The van der Waals surface area contributed by atoms with Gasteiger partial charge in [-0.25, -0.2) is 4.98 Å². The van der Waals surface area contributed by atoms with E-state index in [-0.39, 0.29) is 17.4 Å². The van der Waals surface area contributed by atoms with Crippen LogP contribution in [-0.4, -0.2) is 26.4 Å². The molecule has 0 aliphatic carbocycles. The van der Waals surface area contributed by atoms with Crippen molar-refractivity contribution in [2.24, 2.45) is 4.99 Å². The molecule has 3 heterocycles. The Morgan fingerprint density at radius 2 is 1.47 bits per heavy atom. The number of aryl methyl sites for hydroxylation is 3. The highest BCUT2D eigenvalue weighted by molar-refractivity contribution is 8.14. The monoisotopic (exact) mass is 685 g/mol. The number of benzene rings is 5. The first-order valence-electron chi connectivity index (χ1n) is 17.8. The molecule has 0 N–H and O–H groups in total. The molecule has 1 aliphatic rings. The maximum atomic E-state index is 6.79. The van der Waals surface area contributed by atoms with Gasteiger partial charge in [0.15, 0.2) is 0 Å². The van der Waals surface area contributed by atoms with Crippen LogP contribution in [0.4, 0.5) is 0 Å². The molecular weight excluding hydrogens is 643 g/mol. The molecule has 254 valence electrons. The number of hydrogen-bond acceptors (Lipinski definition) is 4. The Bertz CT molecular complexity index is 2380. The fraction of sp³-hybridized carbons (Fsp3) is 0.217. The zero-order valence-electron chi connectivity index (χ0n) is 30.1. The van der Waals surface area contributed by atoms with Crippen LogP contribution in [-0.2, 0) is 5.41 Å². The Morgan fingerprint density at radius 1 is 0.745 bits per heavy atom. The summed E-state index contributed by atoms with van der Waals surface area (Å²) < 4.78 is 9.05. The minimum Gasteiger partial charge on any atom is -0.457 e. The Morgan fingerprint density at radius 3 is 2.18 bits per heavy atom. The van der Waals surface area contributed by atoms with Gasteiger partial charge < -0.3 is 4.74 Å². The third kappa shape index (κ3) is 6.36. The number of aromatic nitrogens is 2. The average molecular weight is 686 g/mol. The molecule has 8 rings (SSSR count). The van der Waals surface area contributed by atoms with Gasteiger partial charge in [0.25, 0.3) is 0 Å². The van der Waals surface area contributed by atoms with Gasteiger partial charge in [0, 0.05) is 40.3 Å². The first kappa shape index (κ1) is 33.0. The van der Waals surface area contributed by atoms with Crippen molar-refractivity contribution in [3.8, 4) is 17.2 Å². The van der Waals surface area contributed by atoms with Crippen LogP contribution in [0.2, 0.25) is 0 Å². The second-order valence-corrected chi connectivity index (χ2v) is 15.9. The largest absolute Gasteiger partial charge is 0.457 e. The van der Waals surface area contributed by atoms with Crippen LogP contribution < -0.4 is 4.74 Å².